The zero-order valence-corrected chi connectivity index (χ0v) is 9.37. The largest absolute Gasteiger partial charge is 0.307 e. The molecule has 1 aromatic heterocycles. The maximum Gasteiger partial charge on any atom is 0.115 e. The van der Waals surface area contributed by atoms with Crippen molar-refractivity contribution >= 4 is 0 Å². The second-order valence-electron chi connectivity index (χ2n) is 4.72. The van der Waals surface area contributed by atoms with E-state index in [1.165, 1.54) is 37.7 Å². The van der Waals surface area contributed by atoms with Gasteiger partial charge in [-0.2, -0.15) is 0 Å². The summed E-state index contributed by atoms with van der Waals surface area (Å²) >= 11 is 0. The van der Waals surface area contributed by atoms with Crippen LogP contribution >= 0.6 is 0 Å². The Balaban J connectivity index is 1.87. The van der Waals surface area contributed by atoms with E-state index in [4.69, 9.17) is 0 Å². The van der Waals surface area contributed by atoms with Gasteiger partial charge in [0.15, 0.2) is 0 Å². The fraction of sp³-hybridized carbons (Fsp3) is 0.667. The molecular weight excluding hydrogens is 186 g/mol. The lowest BCUT2D eigenvalue weighted by Crippen LogP contribution is -2.43. The van der Waals surface area contributed by atoms with Gasteiger partial charge in [0.05, 0.1) is 0 Å². The minimum absolute atomic E-state index is 0.327. The van der Waals surface area contributed by atoms with Crippen molar-refractivity contribution in [3.63, 3.8) is 0 Å². The lowest BCUT2D eigenvalue weighted by molar-refractivity contribution is 0.252. The smallest absolute Gasteiger partial charge is 0.115 e. The highest BCUT2D eigenvalue weighted by atomic mass is 15.0. The molecule has 82 valence electrons. The van der Waals surface area contributed by atoms with Crippen molar-refractivity contribution in [3.8, 4) is 0 Å². The van der Waals surface area contributed by atoms with E-state index in [1.807, 2.05) is 12.4 Å². The maximum absolute atomic E-state index is 4.02. The monoisotopic (exact) mass is 205 g/mol. The van der Waals surface area contributed by atoms with E-state index >= 15 is 0 Å². The van der Waals surface area contributed by atoms with Crippen LogP contribution < -0.4 is 5.32 Å². The zero-order valence-electron chi connectivity index (χ0n) is 9.37. The Morgan fingerprint density at radius 2 is 1.87 bits per heavy atom. The second kappa shape index (κ2) is 4.71. The molecule has 1 aliphatic rings. The van der Waals surface area contributed by atoms with Crippen molar-refractivity contribution < 1.29 is 0 Å². The molecule has 2 rings (SSSR count). The molecule has 1 aromatic rings. The molecule has 1 N–H and O–H groups in total. The number of nitrogens with one attached hydrogen (secondary N) is 1. The van der Waals surface area contributed by atoms with Gasteiger partial charge >= 0.3 is 0 Å². The van der Waals surface area contributed by atoms with Gasteiger partial charge in [0.2, 0.25) is 0 Å². The molecular formula is C12H19N3. The van der Waals surface area contributed by atoms with E-state index in [9.17, 15) is 0 Å². The Hall–Kier alpha value is -0.960. The molecule has 1 saturated carbocycles. The van der Waals surface area contributed by atoms with E-state index in [1.54, 1.807) is 6.33 Å². The third kappa shape index (κ3) is 2.99. The Morgan fingerprint density at radius 1 is 1.20 bits per heavy atom. The first-order valence-electron chi connectivity index (χ1n) is 5.77. The SMILES string of the molecule is CC1(NCc2cncnc2)CCCCC1. The summed E-state index contributed by atoms with van der Waals surface area (Å²) in [6.45, 7) is 3.22. The molecule has 0 aromatic carbocycles. The number of hydrogen-bond donors (Lipinski definition) is 1. The van der Waals surface area contributed by atoms with Crippen LogP contribution in [0.5, 0.6) is 0 Å². The topological polar surface area (TPSA) is 37.8 Å². The van der Waals surface area contributed by atoms with E-state index in [2.05, 4.69) is 22.2 Å². The standard InChI is InChI=1S/C12H19N3/c1-12(5-3-2-4-6-12)15-9-11-7-13-10-14-8-11/h7-8,10,15H,2-6,9H2,1H3. The normalized spacial score (nSPS) is 20.1. The van der Waals surface area contributed by atoms with Crippen LogP contribution in [0, 0.1) is 0 Å². The zero-order chi connectivity index (χ0) is 10.6. The van der Waals surface area contributed by atoms with Gasteiger partial charge in [0.25, 0.3) is 0 Å². The minimum Gasteiger partial charge on any atom is -0.307 e. The molecule has 3 heteroatoms. The molecule has 0 atom stereocenters. The third-order valence-corrected chi connectivity index (χ3v) is 3.29. The molecule has 0 spiro atoms. The van der Waals surface area contributed by atoms with Crippen LogP contribution in [-0.4, -0.2) is 15.5 Å². The van der Waals surface area contributed by atoms with Gasteiger partial charge in [-0.25, -0.2) is 9.97 Å². The van der Waals surface area contributed by atoms with Crippen LogP contribution in [-0.2, 0) is 6.54 Å². The van der Waals surface area contributed by atoms with Gasteiger partial charge in [-0.05, 0) is 19.8 Å². The molecule has 0 amide bonds. The summed E-state index contributed by atoms with van der Waals surface area (Å²) in [7, 11) is 0. The van der Waals surface area contributed by atoms with Crippen molar-refractivity contribution in [1.82, 2.24) is 15.3 Å². The molecule has 0 saturated heterocycles. The summed E-state index contributed by atoms with van der Waals surface area (Å²) in [5, 5.41) is 3.63. The first kappa shape index (κ1) is 10.6. The fourth-order valence-corrected chi connectivity index (χ4v) is 2.25. The Kier molecular flexibility index (Phi) is 3.31. The van der Waals surface area contributed by atoms with Gasteiger partial charge in [0, 0.05) is 30.0 Å². The third-order valence-electron chi connectivity index (χ3n) is 3.29. The Morgan fingerprint density at radius 3 is 2.53 bits per heavy atom. The maximum atomic E-state index is 4.02. The average molecular weight is 205 g/mol. The quantitative estimate of drug-likeness (QED) is 0.822. The van der Waals surface area contributed by atoms with Crippen LogP contribution in [0.15, 0.2) is 18.7 Å². The van der Waals surface area contributed by atoms with E-state index in [-0.39, 0.29) is 0 Å². The summed E-state index contributed by atoms with van der Waals surface area (Å²) in [4.78, 5) is 8.04. The molecule has 15 heavy (non-hydrogen) atoms. The van der Waals surface area contributed by atoms with Gasteiger partial charge < -0.3 is 5.32 Å². The van der Waals surface area contributed by atoms with E-state index in [0.29, 0.717) is 5.54 Å². The Labute approximate surface area is 91.3 Å². The van der Waals surface area contributed by atoms with Crippen molar-refractivity contribution in [2.24, 2.45) is 0 Å². The number of rotatable bonds is 3. The highest BCUT2D eigenvalue weighted by Gasteiger charge is 2.25. The fourth-order valence-electron chi connectivity index (χ4n) is 2.25. The number of aromatic nitrogens is 2. The molecule has 0 radical (unpaired) electrons. The summed E-state index contributed by atoms with van der Waals surface area (Å²) in [5.41, 5.74) is 1.50. The highest BCUT2D eigenvalue weighted by molar-refractivity contribution is 5.03. The summed E-state index contributed by atoms with van der Waals surface area (Å²) in [5.74, 6) is 0. The molecule has 3 nitrogen and oxygen atoms in total. The predicted molar refractivity (Wildman–Crippen MR) is 60.4 cm³/mol. The summed E-state index contributed by atoms with van der Waals surface area (Å²) in [6, 6.07) is 0. The van der Waals surface area contributed by atoms with E-state index < -0.39 is 0 Å². The van der Waals surface area contributed by atoms with Crippen molar-refractivity contribution in [2.45, 2.75) is 51.1 Å². The summed E-state index contributed by atoms with van der Waals surface area (Å²) in [6.07, 6.45) is 12.0. The number of nitrogens with zero attached hydrogens (tertiary/aromatic N) is 2. The van der Waals surface area contributed by atoms with Gasteiger partial charge in [-0.3, -0.25) is 0 Å². The Bertz CT molecular complexity index is 291. The molecule has 1 fully saturated rings. The van der Waals surface area contributed by atoms with Crippen molar-refractivity contribution in [2.75, 3.05) is 0 Å². The average Bonchev–Trinajstić information content (AvgIpc) is 2.29. The van der Waals surface area contributed by atoms with Crippen LogP contribution in [0.25, 0.3) is 0 Å². The minimum atomic E-state index is 0.327. The lowest BCUT2D eigenvalue weighted by Gasteiger charge is -2.34. The van der Waals surface area contributed by atoms with Gasteiger partial charge in [0.1, 0.15) is 6.33 Å². The van der Waals surface area contributed by atoms with Crippen LogP contribution in [0.2, 0.25) is 0 Å². The molecule has 0 aliphatic heterocycles. The summed E-state index contributed by atoms with van der Waals surface area (Å²) < 4.78 is 0. The molecule has 1 aliphatic carbocycles. The van der Waals surface area contributed by atoms with Gasteiger partial charge in [-0.1, -0.05) is 19.3 Å². The van der Waals surface area contributed by atoms with Crippen LogP contribution in [0.1, 0.15) is 44.6 Å². The predicted octanol–water partition coefficient (Wildman–Crippen LogP) is 2.29. The first-order chi connectivity index (χ1) is 7.29. The van der Waals surface area contributed by atoms with E-state index in [0.717, 1.165) is 6.54 Å². The van der Waals surface area contributed by atoms with Crippen molar-refractivity contribution in [1.29, 1.82) is 0 Å². The lowest BCUT2D eigenvalue weighted by atomic mass is 9.83. The first-order valence-corrected chi connectivity index (χ1v) is 5.77. The van der Waals surface area contributed by atoms with Crippen molar-refractivity contribution in [3.05, 3.63) is 24.3 Å². The highest BCUT2D eigenvalue weighted by Crippen LogP contribution is 2.27. The second-order valence-corrected chi connectivity index (χ2v) is 4.72. The number of hydrogen-bond acceptors (Lipinski definition) is 3. The van der Waals surface area contributed by atoms with Crippen LogP contribution in [0.3, 0.4) is 0 Å². The molecule has 1 heterocycles. The van der Waals surface area contributed by atoms with Gasteiger partial charge in [-0.15, -0.1) is 0 Å². The van der Waals surface area contributed by atoms with Crippen LogP contribution in [0.4, 0.5) is 0 Å². The molecule has 0 unspecified atom stereocenters. The molecule has 0 bridgehead atoms.